The quantitative estimate of drug-likeness (QED) is 0.714. The van der Waals surface area contributed by atoms with Gasteiger partial charge in [-0.25, -0.2) is 0 Å². The fraction of sp³-hybridized carbons (Fsp3) is 0.909. The average Bonchev–Trinajstić information content (AvgIpc) is 2.26. The molecule has 2 unspecified atom stereocenters. The summed E-state index contributed by atoms with van der Waals surface area (Å²) in [6, 6.07) is 0.0628. The molecule has 0 aromatic rings. The van der Waals surface area contributed by atoms with E-state index in [-0.39, 0.29) is 11.9 Å². The van der Waals surface area contributed by atoms with Crippen molar-refractivity contribution in [2.75, 3.05) is 13.1 Å². The van der Waals surface area contributed by atoms with Gasteiger partial charge in [-0.15, -0.1) is 0 Å². The van der Waals surface area contributed by atoms with Gasteiger partial charge in [-0.1, -0.05) is 26.7 Å². The van der Waals surface area contributed by atoms with Crippen molar-refractivity contribution in [2.45, 2.75) is 45.6 Å². The Bertz CT molecular complexity index is 176. The van der Waals surface area contributed by atoms with Gasteiger partial charge in [-0.2, -0.15) is 0 Å². The van der Waals surface area contributed by atoms with Gasteiger partial charge in [0.05, 0.1) is 6.04 Å². The van der Waals surface area contributed by atoms with E-state index >= 15 is 0 Å². The summed E-state index contributed by atoms with van der Waals surface area (Å²) in [5.41, 5.74) is 0. The maximum atomic E-state index is 11.6. The molecule has 0 radical (unpaired) electrons. The smallest absolute Gasteiger partial charge is 0.237 e. The average molecular weight is 198 g/mol. The number of rotatable bonds is 4. The van der Waals surface area contributed by atoms with Crippen LogP contribution in [0.1, 0.15) is 39.5 Å². The van der Waals surface area contributed by atoms with E-state index in [1.807, 2.05) is 0 Å². The third-order valence-corrected chi connectivity index (χ3v) is 2.95. The molecule has 0 aromatic carbocycles. The predicted molar refractivity (Wildman–Crippen MR) is 58.1 cm³/mol. The summed E-state index contributed by atoms with van der Waals surface area (Å²) in [5.74, 6) is 0.771. The molecule has 2 N–H and O–H groups in total. The van der Waals surface area contributed by atoms with E-state index in [1.54, 1.807) is 0 Å². The van der Waals surface area contributed by atoms with E-state index in [1.165, 1.54) is 12.8 Å². The van der Waals surface area contributed by atoms with E-state index in [4.69, 9.17) is 0 Å². The van der Waals surface area contributed by atoms with E-state index in [0.29, 0.717) is 5.92 Å². The van der Waals surface area contributed by atoms with E-state index in [9.17, 15) is 4.79 Å². The topological polar surface area (TPSA) is 41.1 Å². The van der Waals surface area contributed by atoms with Gasteiger partial charge in [0, 0.05) is 6.54 Å². The van der Waals surface area contributed by atoms with Crippen molar-refractivity contribution >= 4 is 5.91 Å². The highest BCUT2D eigenvalue weighted by molar-refractivity contribution is 5.81. The summed E-state index contributed by atoms with van der Waals surface area (Å²) in [6.45, 7) is 6.11. The Labute approximate surface area is 86.6 Å². The number of carbonyl (C=O) groups is 1. The van der Waals surface area contributed by atoms with E-state index in [0.717, 1.165) is 25.9 Å². The Morgan fingerprint density at radius 3 is 2.93 bits per heavy atom. The second-order valence-electron chi connectivity index (χ2n) is 4.26. The summed E-state index contributed by atoms with van der Waals surface area (Å²) in [5, 5.41) is 6.25. The van der Waals surface area contributed by atoms with Crippen LogP contribution in [0.3, 0.4) is 0 Å². The van der Waals surface area contributed by atoms with Crippen LogP contribution in [0, 0.1) is 5.92 Å². The van der Waals surface area contributed by atoms with Crippen LogP contribution in [0.25, 0.3) is 0 Å². The second kappa shape index (κ2) is 6.02. The van der Waals surface area contributed by atoms with Crippen molar-refractivity contribution in [1.29, 1.82) is 0 Å². The summed E-state index contributed by atoms with van der Waals surface area (Å²) in [7, 11) is 0. The highest BCUT2D eigenvalue weighted by Crippen LogP contribution is 2.07. The first-order valence-electron chi connectivity index (χ1n) is 5.75. The van der Waals surface area contributed by atoms with Crippen LogP contribution in [0.4, 0.5) is 0 Å². The highest BCUT2D eigenvalue weighted by atomic mass is 16.2. The first-order valence-corrected chi connectivity index (χ1v) is 5.75. The zero-order valence-corrected chi connectivity index (χ0v) is 9.31. The lowest BCUT2D eigenvalue weighted by Gasteiger charge is -2.23. The molecule has 1 rings (SSSR count). The van der Waals surface area contributed by atoms with Gasteiger partial charge in [-0.3, -0.25) is 4.79 Å². The molecular formula is C11H22N2O. The molecular weight excluding hydrogens is 176 g/mol. The van der Waals surface area contributed by atoms with Gasteiger partial charge in [0.15, 0.2) is 0 Å². The molecule has 0 spiro atoms. The maximum absolute atomic E-state index is 11.6. The first kappa shape index (κ1) is 11.5. The van der Waals surface area contributed by atoms with Gasteiger partial charge in [0.2, 0.25) is 5.91 Å². The fourth-order valence-corrected chi connectivity index (χ4v) is 1.62. The minimum atomic E-state index is 0.0628. The lowest BCUT2D eigenvalue weighted by Crippen LogP contribution is -2.47. The van der Waals surface area contributed by atoms with Gasteiger partial charge in [0.25, 0.3) is 0 Å². The van der Waals surface area contributed by atoms with Crippen LogP contribution in [0.5, 0.6) is 0 Å². The molecule has 1 heterocycles. The summed E-state index contributed by atoms with van der Waals surface area (Å²) in [6.07, 6.45) is 4.49. The van der Waals surface area contributed by atoms with Crippen molar-refractivity contribution in [3.8, 4) is 0 Å². The molecule has 1 aliphatic heterocycles. The molecule has 82 valence electrons. The number of piperidine rings is 1. The molecule has 0 bridgehead atoms. The Balaban J connectivity index is 2.19. The van der Waals surface area contributed by atoms with Gasteiger partial charge < -0.3 is 10.6 Å². The standard InChI is InChI=1S/C11H22N2O/c1-3-9(2)8-13-11(14)10-6-4-5-7-12-10/h9-10,12H,3-8H2,1-2H3,(H,13,14). The zero-order chi connectivity index (χ0) is 10.4. The molecule has 2 atom stereocenters. The third kappa shape index (κ3) is 3.66. The van der Waals surface area contributed by atoms with Crippen LogP contribution in [0.15, 0.2) is 0 Å². The largest absolute Gasteiger partial charge is 0.354 e. The van der Waals surface area contributed by atoms with Crippen molar-refractivity contribution < 1.29 is 4.79 Å². The molecule has 0 saturated carbocycles. The Morgan fingerprint density at radius 2 is 2.36 bits per heavy atom. The van der Waals surface area contributed by atoms with Crippen LogP contribution in [-0.4, -0.2) is 25.0 Å². The fourth-order valence-electron chi connectivity index (χ4n) is 1.62. The summed E-state index contributed by atoms with van der Waals surface area (Å²) < 4.78 is 0. The Morgan fingerprint density at radius 1 is 1.57 bits per heavy atom. The van der Waals surface area contributed by atoms with Gasteiger partial charge in [0.1, 0.15) is 0 Å². The van der Waals surface area contributed by atoms with Crippen molar-refractivity contribution in [3.05, 3.63) is 0 Å². The lowest BCUT2D eigenvalue weighted by atomic mass is 10.0. The minimum absolute atomic E-state index is 0.0628. The number of hydrogen-bond donors (Lipinski definition) is 2. The Hall–Kier alpha value is -0.570. The van der Waals surface area contributed by atoms with Crippen molar-refractivity contribution in [1.82, 2.24) is 10.6 Å². The first-order chi connectivity index (χ1) is 6.74. The van der Waals surface area contributed by atoms with Crippen LogP contribution in [0.2, 0.25) is 0 Å². The van der Waals surface area contributed by atoms with E-state index < -0.39 is 0 Å². The number of carbonyl (C=O) groups excluding carboxylic acids is 1. The number of hydrogen-bond acceptors (Lipinski definition) is 2. The number of amides is 1. The van der Waals surface area contributed by atoms with Gasteiger partial charge >= 0.3 is 0 Å². The van der Waals surface area contributed by atoms with Gasteiger partial charge in [-0.05, 0) is 25.3 Å². The highest BCUT2D eigenvalue weighted by Gasteiger charge is 2.19. The van der Waals surface area contributed by atoms with Crippen molar-refractivity contribution in [3.63, 3.8) is 0 Å². The van der Waals surface area contributed by atoms with Crippen molar-refractivity contribution in [2.24, 2.45) is 5.92 Å². The molecule has 3 nitrogen and oxygen atoms in total. The van der Waals surface area contributed by atoms with E-state index in [2.05, 4.69) is 24.5 Å². The predicted octanol–water partition coefficient (Wildman–Crippen LogP) is 1.29. The molecule has 0 aliphatic carbocycles. The molecule has 1 amide bonds. The normalized spacial score (nSPS) is 24.3. The summed E-state index contributed by atoms with van der Waals surface area (Å²) in [4.78, 5) is 11.6. The molecule has 3 heteroatoms. The van der Waals surface area contributed by atoms with Crippen LogP contribution in [-0.2, 0) is 4.79 Å². The molecule has 1 aliphatic rings. The monoisotopic (exact) mass is 198 g/mol. The summed E-state index contributed by atoms with van der Waals surface area (Å²) >= 11 is 0. The van der Waals surface area contributed by atoms with Crippen LogP contribution < -0.4 is 10.6 Å². The maximum Gasteiger partial charge on any atom is 0.237 e. The molecule has 0 aromatic heterocycles. The zero-order valence-electron chi connectivity index (χ0n) is 9.31. The van der Waals surface area contributed by atoms with Crippen LogP contribution >= 0.6 is 0 Å². The molecule has 14 heavy (non-hydrogen) atoms. The molecule has 1 fully saturated rings. The minimum Gasteiger partial charge on any atom is -0.354 e. The Kier molecular flexibility index (Phi) is 4.94. The molecule has 1 saturated heterocycles. The lowest BCUT2D eigenvalue weighted by molar-refractivity contribution is -0.123. The second-order valence-corrected chi connectivity index (χ2v) is 4.26. The number of nitrogens with one attached hydrogen (secondary N) is 2. The SMILES string of the molecule is CCC(C)CNC(=O)C1CCCCN1. The third-order valence-electron chi connectivity index (χ3n) is 2.95.